The van der Waals surface area contributed by atoms with E-state index in [2.05, 4.69) is 0 Å². The van der Waals surface area contributed by atoms with Crippen LogP contribution in [0, 0.1) is 0 Å². The molecule has 0 fully saturated rings. The molecule has 0 aromatic heterocycles. The largest absolute Gasteiger partial charge is 1.00 e. The zero-order valence-corrected chi connectivity index (χ0v) is 8.06. The fraction of sp³-hybridized carbons (Fsp3) is 0. The van der Waals surface area contributed by atoms with E-state index in [1.54, 1.807) is 0 Å². The van der Waals surface area contributed by atoms with Crippen molar-refractivity contribution in [2.75, 3.05) is 5.73 Å². The fourth-order valence-corrected chi connectivity index (χ4v) is 0.453. The molecule has 0 aliphatic rings. The molecule has 0 aliphatic carbocycles. The monoisotopic (exact) mass is 199 g/mol. The normalized spacial score (nSPS) is 9.15. The average molecular weight is 199 g/mol. The summed E-state index contributed by atoms with van der Waals surface area (Å²) < 4.78 is 8.88. The summed E-state index contributed by atoms with van der Waals surface area (Å²) in [6.45, 7) is 0. The minimum absolute atomic E-state index is 0. The van der Waals surface area contributed by atoms with Crippen LogP contribution in [0.1, 0.15) is 1.43 Å². The van der Waals surface area contributed by atoms with Gasteiger partial charge in [-0.25, -0.2) is 4.57 Å². The van der Waals surface area contributed by atoms with E-state index < -0.39 is 7.82 Å². The van der Waals surface area contributed by atoms with Crippen molar-refractivity contribution in [2.45, 2.75) is 0 Å². The summed E-state index contributed by atoms with van der Waals surface area (Å²) in [7, 11) is -4.64. The van der Waals surface area contributed by atoms with Crippen molar-refractivity contribution in [3.63, 3.8) is 0 Å². The van der Waals surface area contributed by atoms with Crippen molar-refractivity contribution < 1.29 is 39.5 Å². The Balaban J connectivity index is -0.000000159. The minimum Gasteiger partial charge on any atom is -1.00 e. The molecule has 0 unspecified atom stereocenters. The molecule has 0 saturated heterocycles. The van der Waals surface area contributed by atoms with Crippen LogP contribution in [0.2, 0.25) is 0 Å². The van der Waals surface area contributed by atoms with Crippen LogP contribution in [0.5, 0.6) is 0 Å². The summed E-state index contributed by atoms with van der Waals surface area (Å²) in [5.41, 5.74) is 6.18. The molecule has 0 radical (unpaired) electrons. The first-order chi connectivity index (χ1) is 5.39. The van der Waals surface area contributed by atoms with Gasteiger partial charge in [-0.3, -0.25) is 0 Å². The molecule has 5 N–H and O–H groups in total. The van der Waals surface area contributed by atoms with Crippen LogP contribution in [-0.4, -0.2) is 14.7 Å². The predicted molar refractivity (Wildman–Crippen MR) is 46.2 cm³/mol. The van der Waals surface area contributed by atoms with E-state index >= 15 is 0 Å². The van der Waals surface area contributed by atoms with Gasteiger partial charge in [0.2, 0.25) is 0 Å². The smallest absolute Gasteiger partial charge is 1.00 e. The average Bonchev–Trinajstić information content (AvgIpc) is 1.85. The molecule has 1 aromatic rings. The molecule has 5 nitrogen and oxygen atoms in total. The van der Waals surface area contributed by atoms with E-state index in [9.17, 15) is 0 Å². The first-order valence-electron chi connectivity index (χ1n) is 2.98. The van der Waals surface area contributed by atoms with Crippen molar-refractivity contribution in [2.24, 2.45) is 0 Å². The van der Waals surface area contributed by atoms with Gasteiger partial charge in [0, 0.05) is 5.69 Å². The van der Waals surface area contributed by atoms with Crippen LogP contribution < -0.4 is 24.6 Å². The Kier molecular flexibility index (Phi) is 8.38. The molecule has 0 aliphatic heterocycles. The second kappa shape index (κ2) is 7.16. The number of hydrogen-bond acceptors (Lipinski definition) is 2. The molecule has 0 spiro atoms. The van der Waals surface area contributed by atoms with Crippen LogP contribution in [-0.2, 0) is 4.57 Å². The number of rotatable bonds is 0. The van der Waals surface area contributed by atoms with E-state index in [0.717, 1.165) is 5.69 Å². The Morgan fingerprint density at radius 1 is 1.15 bits per heavy atom. The predicted octanol–water partition coefficient (Wildman–Crippen LogP) is -2.54. The number of anilines is 1. The summed E-state index contributed by atoms with van der Waals surface area (Å²) in [5.74, 6) is 0. The molecular weight excluding hydrogens is 188 g/mol. The summed E-state index contributed by atoms with van der Waals surface area (Å²) in [4.78, 5) is 21.6. The van der Waals surface area contributed by atoms with Gasteiger partial charge in [0.15, 0.2) is 0 Å². The number of phosphoric acid groups is 1. The van der Waals surface area contributed by atoms with E-state index in [1.165, 1.54) is 0 Å². The molecular formula is C6H11LiNO4P. The Labute approximate surface area is 89.5 Å². The molecule has 13 heavy (non-hydrogen) atoms. The zero-order valence-electron chi connectivity index (χ0n) is 8.16. The standard InChI is InChI=1S/C6H7N.Li.H3O4P.H/c7-6-4-2-1-3-5-6;;1-5(2,3)4;/h1-5H,7H2;;(H3,1,2,3,4);/q;+1;;-1. The van der Waals surface area contributed by atoms with Gasteiger partial charge in [-0.15, -0.1) is 0 Å². The van der Waals surface area contributed by atoms with Gasteiger partial charge in [-0.1, -0.05) is 18.2 Å². The van der Waals surface area contributed by atoms with Crippen LogP contribution >= 0.6 is 7.82 Å². The molecule has 0 atom stereocenters. The van der Waals surface area contributed by atoms with E-state index in [-0.39, 0.29) is 20.3 Å². The zero-order chi connectivity index (χ0) is 9.61. The molecule has 7 heteroatoms. The maximum Gasteiger partial charge on any atom is 1.00 e. The molecule has 0 saturated carbocycles. The van der Waals surface area contributed by atoms with Crippen LogP contribution in [0.25, 0.3) is 0 Å². The summed E-state index contributed by atoms with van der Waals surface area (Å²) in [5, 5.41) is 0. The Morgan fingerprint density at radius 3 is 1.62 bits per heavy atom. The molecule has 1 aromatic carbocycles. The first kappa shape index (κ1) is 15.2. The minimum atomic E-state index is -4.64. The van der Waals surface area contributed by atoms with Crippen molar-refractivity contribution in [1.82, 2.24) is 0 Å². The van der Waals surface area contributed by atoms with Crippen molar-refractivity contribution in [3.05, 3.63) is 30.3 Å². The summed E-state index contributed by atoms with van der Waals surface area (Å²) in [6.07, 6.45) is 0. The van der Waals surface area contributed by atoms with Gasteiger partial charge in [0.25, 0.3) is 0 Å². The van der Waals surface area contributed by atoms with Crippen LogP contribution in [0.4, 0.5) is 5.69 Å². The summed E-state index contributed by atoms with van der Waals surface area (Å²) in [6, 6.07) is 9.49. The second-order valence-electron chi connectivity index (χ2n) is 1.92. The Morgan fingerprint density at radius 2 is 1.46 bits per heavy atom. The quantitative estimate of drug-likeness (QED) is 0.209. The van der Waals surface area contributed by atoms with E-state index in [4.69, 9.17) is 25.0 Å². The van der Waals surface area contributed by atoms with Gasteiger partial charge in [-0.05, 0) is 12.1 Å². The van der Waals surface area contributed by atoms with Crippen molar-refractivity contribution in [3.8, 4) is 0 Å². The number of hydrogen-bond donors (Lipinski definition) is 4. The first-order valence-corrected chi connectivity index (χ1v) is 4.55. The van der Waals surface area contributed by atoms with Gasteiger partial charge in [0.05, 0.1) is 0 Å². The summed E-state index contributed by atoms with van der Waals surface area (Å²) >= 11 is 0. The number of nitrogens with two attached hydrogens (primary N) is 1. The molecule has 0 heterocycles. The third kappa shape index (κ3) is 18.6. The number of para-hydroxylation sites is 1. The van der Waals surface area contributed by atoms with E-state index in [1.807, 2.05) is 30.3 Å². The number of benzene rings is 1. The van der Waals surface area contributed by atoms with Crippen LogP contribution in [0.15, 0.2) is 30.3 Å². The third-order valence-corrected chi connectivity index (χ3v) is 0.800. The Hall–Kier alpha value is -0.273. The molecule has 0 bridgehead atoms. The fourth-order valence-electron chi connectivity index (χ4n) is 0.453. The SMILES string of the molecule is Nc1ccccc1.O=P(O)(O)O.[H-].[Li+]. The van der Waals surface area contributed by atoms with Gasteiger partial charge in [-0.2, -0.15) is 0 Å². The van der Waals surface area contributed by atoms with Gasteiger partial charge in [0.1, 0.15) is 0 Å². The van der Waals surface area contributed by atoms with Crippen molar-refractivity contribution in [1.29, 1.82) is 0 Å². The topological polar surface area (TPSA) is 104 Å². The molecule has 0 amide bonds. The van der Waals surface area contributed by atoms with Crippen LogP contribution in [0.3, 0.4) is 0 Å². The number of nitrogen functional groups attached to an aromatic ring is 1. The third-order valence-electron chi connectivity index (χ3n) is 0.800. The van der Waals surface area contributed by atoms with Gasteiger partial charge < -0.3 is 21.8 Å². The molecule has 70 valence electrons. The van der Waals surface area contributed by atoms with E-state index in [0.29, 0.717) is 0 Å². The second-order valence-corrected chi connectivity index (χ2v) is 2.95. The van der Waals surface area contributed by atoms with Gasteiger partial charge >= 0.3 is 26.7 Å². The maximum atomic E-state index is 8.88. The maximum absolute atomic E-state index is 8.88. The molecule has 1 rings (SSSR count). The Bertz CT molecular complexity index is 260. The van der Waals surface area contributed by atoms with Crippen molar-refractivity contribution >= 4 is 13.5 Å².